The van der Waals surface area contributed by atoms with E-state index in [-0.39, 0.29) is 6.10 Å². The van der Waals surface area contributed by atoms with Gasteiger partial charge in [0.05, 0.1) is 11.7 Å². The van der Waals surface area contributed by atoms with Crippen molar-refractivity contribution in [2.45, 2.75) is 51.4 Å². The van der Waals surface area contributed by atoms with E-state index in [0.717, 1.165) is 0 Å². The lowest BCUT2D eigenvalue weighted by molar-refractivity contribution is -0.244. The summed E-state index contributed by atoms with van der Waals surface area (Å²) < 4.78 is 10.5. The predicted octanol–water partition coefficient (Wildman–Crippen LogP) is 0.251. The van der Waals surface area contributed by atoms with Crippen molar-refractivity contribution in [3.63, 3.8) is 0 Å². The summed E-state index contributed by atoms with van der Waals surface area (Å²) in [5.41, 5.74) is -0.534. The minimum absolute atomic E-state index is 0.186. The quantitative estimate of drug-likeness (QED) is 0.693. The van der Waals surface area contributed by atoms with Crippen molar-refractivity contribution < 1.29 is 24.5 Å². The molecule has 6 heteroatoms. The third-order valence-electron chi connectivity index (χ3n) is 2.66. The summed E-state index contributed by atoms with van der Waals surface area (Å²) in [4.78, 5) is 12.5. The van der Waals surface area contributed by atoms with Crippen molar-refractivity contribution in [3.05, 3.63) is 0 Å². The molecule has 1 rings (SSSR count). The number of carboxylic acid groups (broad SMARTS) is 1. The van der Waals surface area contributed by atoms with Crippen LogP contribution in [0.15, 0.2) is 0 Å². The molecule has 3 atom stereocenters. The van der Waals surface area contributed by atoms with Crippen LogP contribution in [-0.4, -0.2) is 58.9 Å². The number of methoxy groups -OCH3 is 1. The number of carbonyl (C=O) groups is 1. The van der Waals surface area contributed by atoms with Gasteiger partial charge in [0.15, 0.2) is 0 Å². The first-order valence-corrected chi connectivity index (χ1v) is 5.62. The number of carboxylic acids is 1. The largest absolute Gasteiger partial charge is 0.480 e. The molecule has 0 spiro atoms. The van der Waals surface area contributed by atoms with Crippen molar-refractivity contribution >= 4 is 5.97 Å². The smallest absolute Gasteiger partial charge is 0.321 e. The van der Waals surface area contributed by atoms with Crippen molar-refractivity contribution in [1.29, 1.82) is 0 Å². The van der Waals surface area contributed by atoms with Crippen molar-refractivity contribution in [2.75, 3.05) is 13.7 Å². The molecule has 1 heterocycles. The van der Waals surface area contributed by atoms with Gasteiger partial charge in [-0.3, -0.25) is 4.79 Å². The topological polar surface area (TPSA) is 79.2 Å². The van der Waals surface area contributed by atoms with Crippen LogP contribution in [0.4, 0.5) is 0 Å². The highest BCUT2D eigenvalue weighted by Gasteiger charge is 2.41. The molecular formula is C11H21NO5. The van der Waals surface area contributed by atoms with Crippen LogP contribution in [0, 0.1) is 0 Å². The fourth-order valence-electron chi connectivity index (χ4n) is 1.86. The van der Waals surface area contributed by atoms with E-state index in [2.05, 4.69) is 0 Å². The van der Waals surface area contributed by atoms with E-state index in [1.807, 2.05) is 0 Å². The Hall–Kier alpha value is -0.690. The molecule has 0 saturated carbocycles. The first-order chi connectivity index (χ1) is 7.74. The number of aliphatic hydroxyl groups excluding tert-OH is 1. The normalized spacial score (nSPS) is 28.3. The molecule has 6 nitrogen and oxygen atoms in total. The summed E-state index contributed by atoms with van der Waals surface area (Å²) in [7, 11) is 1.53. The summed E-state index contributed by atoms with van der Waals surface area (Å²) in [6.07, 6.45) is -1.05. The minimum Gasteiger partial charge on any atom is -0.480 e. The highest BCUT2D eigenvalue weighted by molar-refractivity contribution is 5.74. The molecule has 0 aliphatic carbocycles. The molecule has 0 radical (unpaired) electrons. The van der Waals surface area contributed by atoms with Gasteiger partial charge in [0, 0.05) is 20.1 Å². The van der Waals surface area contributed by atoms with E-state index in [4.69, 9.17) is 14.6 Å². The zero-order valence-electron chi connectivity index (χ0n) is 10.7. The first-order valence-electron chi connectivity index (χ1n) is 5.62. The Morgan fingerprint density at radius 2 is 2.06 bits per heavy atom. The van der Waals surface area contributed by atoms with Gasteiger partial charge in [-0.05, 0) is 20.8 Å². The zero-order chi connectivity index (χ0) is 13.2. The second-order valence-electron chi connectivity index (χ2n) is 5.20. The fraction of sp³-hybridized carbons (Fsp3) is 0.909. The average Bonchev–Trinajstić information content (AvgIpc) is 2.58. The van der Waals surface area contributed by atoms with Gasteiger partial charge in [-0.25, -0.2) is 4.90 Å². The van der Waals surface area contributed by atoms with Crippen LogP contribution < -0.4 is 0 Å². The van der Waals surface area contributed by atoms with E-state index >= 15 is 0 Å². The number of aliphatic carboxylic acids is 1. The Bertz CT molecular complexity index is 276. The highest BCUT2D eigenvalue weighted by Crippen LogP contribution is 2.24. The second kappa shape index (κ2) is 5.30. The van der Waals surface area contributed by atoms with E-state index < -0.39 is 24.0 Å². The van der Waals surface area contributed by atoms with Crippen LogP contribution in [0.5, 0.6) is 0 Å². The number of nitrogens with zero attached hydrogens (tertiary/aromatic N) is 1. The molecular weight excluding hydrogens is 226 g/mol. The molecule has 2 N–H and O–H groups in total. The lowest BCUT2D eigenvalue weighted by Gasteiger charge is -2.31. The van der Waals surface area contributed by atoms with Crippen LogP contribution in [0.1, 0.15) is 27.2 Å². The lowest BCUT2D eigenvalue weighted by atomic mass is 10.2. The van der Waals surface area contributed by atoms with Crippen LogP contribution >= 0.6 is 0 Å². The van der Waals surface area contributed by atoms with Crippen LogP contribution in [0.25, 0.3) is 0 Å². The molecule has 17 heavy (non-hydrogen) atoms. The summed E-state index contributed by atoms with van der Waals surface area (Å²) in [5, 5.41) is 19.0. The van der Waals surface area contributed by atoms with Gasteiger partial charge in [-0.1, -0.05) is 0 Å². The number of aliphatic hydroxyl groups is 1. The molecule has 0 bridgehead atoms. The third-order valence-corrected chi connectivity index (χ3v) is 2.66. The Labute approximate surface area is 101 Å². The first kappa shape index (κ1) is 14.4. The maximum atomic E-state index is 11.1. The molecule has 0 aromatic rings. The van der Waals surface area contributed by atoms with Crippen LogP contribution in [0.3, 0.4) is 0 Å². The maximum absolute atomic E-state index is 11.1. The average molecular weight is 247 g/mol. The number of likely N-dealkylation sites (tertiary alicyclic amines) is 1. The number of rotatable bonds is 4. The number of ether oxygens (including phenoxy) is 2. The molecule has 1 fully saturated rings. The summed E-state index contributed by atoms with van der Waals surface area (Å²) in [6, 6.07) is -0.766. The molecule has 0 aromatic heterocycles. The SMILES string of the molecule is CO[C@@H]1C[C@@H](C(=O)O)N(C(O)OC(C)(C)C)C1. The maximum Gasteiger partial charge on any atom is 0.321 e. The van der Waals surface area contributed by atoms with Gasteiger partial charge >= 0.3 is 5.97 Å². The number of hydrogen-bond donors (Lipinski definition) is 2. The third kappa shape index (κ3) is 3.92. The molecule has 0 amide bonds. The van der Waals surface area contributed by atoms with Gasteiger partial charge in [-0.15, -0.1) is 0 Å². The minimum atomic E-state index is -1.23. The standard InChI is InChI=1S/C11H21NO5/c1-11(2,3)17-10(15)12-6-7(16-4)5-8(12)9(13)14/h7-8,10,15H,5-6H2,1-4H3,(H,13,14)/t7-,8+,10?/m1/s1. The molecule has 100 valence electrons. The predicted molar refractivity (Wildman–Crippen MR) is 60.4 cm³/mol. The number of hydrogen-bond acceptors (Lipinski definition) is 5. The van der Waals surface area contributed by atoms with Crippen molar-refractivity contribution in [3.8, 4) is 0 Å². The van der Waals surface area contributed by atoms with Crippen molar-refractivity contribution in [1.82, 2.24) is 4.90 Å². The van der Waals surface area contributed by atoms with E-state index in [9.17, 15) is 9.90 Å². The van der Waals surface area contributed by atoms with Gasteiger partial charge in [-0.2, -0.15) is 0 Å². The Morgan fingerprint density at radius 1 is 1.47 bits per heavy atom. The summed E-state index contributed by atoms with van der Waals surface area (Å²) >= 11 is 0. The summed E-state index contributed by atoms with van der Waals surface area (Å²) in [6.45, 7) is 5.76. The van der Waals surface area contributed by atoms with E-state index in [0.29, 0.717) is 13.0 Å². The second-order valence-corrected chi connectivity index (χ2v) is 5.20. The zero-order valence-corrected chi connectivity index (χ0v) is 10.7. The van der Waals surface area contributed by atoms with E-state index in [1.54, 1.807) is 20.8 Å². The molecule has 0 aromatic carbocycles. The van der Waals surface area contributed by atoms with Gasteiger partial charge in [0.25, 0.3) is 0 Å². The van der Waals surface area contributed by atoms with E-state index in [1.165, 1.54) is 12.0 Å². The fourth-order valence-corrected chi connectivity index (χ4v) is 1.86. The molecule has 1 aliphatic rings. The molecule has 1 unspecified atom stereocenters. The lowest BCUT2D eigenvalue weighted by Crippen LogP contribution is -2.47. The van der Waals surface area contributed by atoms with Gasteiger partial charge < -0.3 is 19.7 Å². The molecule has 1 aliphatic heterocycles. The molecule has 1 saturated heterocycles. The van der Waals surface area contributed by atoms with Crippen LogP contribution in [-0.2, 0) is 14.3 Å². The highest BCUT2D eigenvalue weighted by atomic mass is 16.6. The Balaban J connectivity index is 2.69. The van der Waals surface area contributed by atoms with Crippen molar-refractivity contribution in [2.24, 2.45) is 0 Å². The Kier molecular flexibility index (Phi) is 4.48. The Morgan fingerprint density at radius 3 is 2.47 bits per heavy atom. The van der Waals surface area contributed by atoms with Gasteiger partial charge in [0.1, 0.15) is 6.04 Å². The van der Waals surface area contributed by atoms with Gasteiger partial charge in [0.2, 0.25) is 6.41 Å². The van der Waals surface area contributed by atoms with Crippen LogP contribution in [0.2, 0.25) is 0 Å². The summed E-state index contributed by atoms with van der Waals surface area (Å²) in [5.74, 6) is -0.971. The monoisotopic (exact) mass is 247 g/mol.